The van der Waals surface area contributed by atoms with Crippen LogP contribution in [-0.4, -0.2) is 24.7 Å². The number of hydrogen-bond acceptors (Lipinski definition) is 4. The van der Waals surface area contributed by atoms with E-state index < -0.39 is 23.2 Å². The van der Waals surface area contributed by atoms with Crippen LogP contribution < -0.4 is 10.6 Å². The molecule has 1 aliphatic rings. The summed E-state index contributed by atoms with van der Waals surface area (Å²) in [5.74, 6) is -3.12. The van der Waals surface area contributed by atoms with Crippen LogP contribution in [0, 0.1) is 11.6 Å². The van der Waals surface area contributed by atoms with E-state index in [9.17, 15) is 9.59 Å². The molecule has 0 radical (unpaired) electrons. The van der Waals surface area contributed by atoms with Crippen LogP contribution in [0.25, 0.3) is 0 Å². The highest BCUT2D eigenvalue weighted by Crippen LogP contribution is 2.40. The van der Waals surface area contributed by atoms with E-state index in [2.05, 4.69) is 24.5 Å². The number of ketones is 2. The summed E-state index contributed by atoms with van der Waals surface area (Å²) in [6, 6.07) is 6.49. The van der Waals surface area contributed by atoms with Crippen LogP contribution in [0.2, 0.25) is 0 Å². The molecule has 0 atom stereocenters. The molecule has 0 unspecified atom stereocenters. The van der Waals surface area contributed by atoms with Gasteiger partial charge in [-0.1, -0.05) is 102 Å². The van der Waals surface area contributed by atoms with Gasteiger partial charge in [0.15, 0.2) is 23.2 Å². The van der Waals surface area contributed by atoms with Crippen LogP contribution in [-0.2, 0) is 0 Å². The van der Waals surface area contributed by atoms with Gasteiger partial charge >= 0.3 is 0 Å². The van der Waals surface area contributed by atoms with Gasteiger partial charge in [-0.3, -0.25) is 9.59 Å². The normalized spacial score (nSPS) is 12.4. The molecule has 1 aliphatic carbocycles. The first kappa shape index (κ1) is 27.8. The Kier molecular flexibility index (Phi) is 10.9. The number of carbonyl (C=O) groups excluding carboxylic acids is 2. The Labute approximate surface area is 214 Å². The first-order valence-corrected chi connectivity index (χ1v) is 13.7. The fourth-order valence-corrected chi connectivity index (χ4v) is 4.86. The van der Waals surface area contributed by atoms with E-state index in [0.29, 0.717) is 13.1 Å². The van der Waals surface area contributed by atoms with Crippen molar-refractivity contribution in [2.75, 3.05) is 23.7 Å². The SMILES string of the molecule is CCCCCCCCNc1c(F)c(F)c(NCCCCCCCC)c2c1C(=O)c1ccccc1C2=O. The molecular weight excluding hydrogens is 458 g/mol. The predicted molar refractivity (Wildman–Crippen MR) is 143 cm³/mol. The average molecular weight is 499 g/mol. The number of hydrogen-bond donors (Lipinski definition) is 2. The van der Waals surface area contributed by atoms with E-state index >= 15 is 8.78 Å². The Morgan fingerprint density at radius 1 is 0.583 bits per heavy atom. The number of nitrogens with one attached hydrogen (secondary N) is 2. The van der Waals surface area contributed by atoms with Crippen molar-refractivity contribution in [1.82, 2.24) is 0 Å². The molecule has 0 spiro atoms. The smallest absolute Gasteiger partial charge is 0.196 e. The highest BCUT2D eigenvalue weighted by atomic mass is 19.2. The van der Waals surface area contributed by atoms with Gasteiger partial charge in [-0.2, -0.15) is 0 Å². The van der Waals surface area contributed by atoms with E-state index in [1.807, 2.05) is 0 Å². The van der Waals surface area contributed by atoms with Gasteiger partial charge in [0.1, 0.15) is 0 Å². The van der Waals surface area contributed by atoms with E-state index in [4.69, 9.17) is 0 Å². The summed E-state index contributed by atoms with van der Waals surface area (Å²) >= 11 is 0. The molecule has 3 rings (SSSR count). The fraction of sp³-hybridized carbons (Fsp3) is 0.533. The molecule has 0 saturated carbocycles. The van der Waals surface area contributed by atoms with Crippen LogP contribution in [0.1, 0.15) is 123 Å². The number of anilines is 2. The van der Waals surface area contributed by atoms with Gasteiger partial charge in [0.25, 0.3) is 0 Å². The summed E-state index contributed by atoms with van der Waals surface area (Å²) in [5, 5.41) is 5.92. The zero-order valence-electron chi connectivity index (χ0n) is 21.8. The summed E-state index contributed by atoms with van der Waals surface area (Å²) in [4.78, 5) is 26.9. The second kappa shape index (κ2) is 14.1. The number of fused-ring (bicyclic) bond motifs is 2. The summed E-state index contributed by atoms with van der Waals surface area (Å²) in [6.45, 7) is 5.13. The first-order valence-electron chi connectivity index (χ1n) is 13.7. The van der Waals surface area contributed by atoms with Crippen molar-refractivity contribution in [3.63, 3.8) is 0 Å². The first-order chi connectivity index (χ1) is 17.5. The molecule has 2 aromatic rings. The summed E-state index contributed by atoms with van der Waals surface area (Å²) in [7, 11) is 0. The minimum atomic E-state index is -1.11. The number of halogens is 2. The Morgan fingerprint density at radius 2 is 0.944 bits per heavy atom. The topological polar surface area (TPSA) is 58.2 Å². The second-order valence-electron chi connectivity index (χ2n) is 9.72. The molecule has 2 aromatic carbocycles. The Morgan fingerprint density at radius 3 is 1.33 bits per heavy atom. The lowest BCUT2D eigenvalue weighted by atomic mass is 9.82. The molecule has 0 aromatic heterocycles. The summed E-state index contributed by atoms with van der Waals surface area (Å²) in [6.07, 6.45) is 12.6. The minimum absolute atomic E-state index is 0.0611. The standard InChI is InChI=1S/C30H40F2N2O2/c1-3-5-7-9-11-15-19-33-27-23-24(30(36)22-18-14-13-17-21(22)29(23)35)28(26(32)25(27)31)34-20-16-12-10-8-6-4-2/h13-14,17-18,33-34H,3-12,15-16,19-20H2,1-2H3. The third kappa shape index (κ3) is 6.51. The molecular formula is C30H40F2N2O2. The van der Waals surface area contributed by atoms with Crippen LogP contribution >= 0.6 is 0 Å². The second-order valence-corrected chi connectivity index (χ2v) is 9.72. The van der Waals surface area contributed by atoms with Crippen LogP contribution in [0.3, 0.4) is 0 Å². The van der Waals surface area contributed by atoms with Gasteiger partial charge in [0.05, 0.1) is 22.5 Å². The Balaban J connectivity index is 1.85. The van der Waals surface area contributed by atoms with Gasteiger partial charge in [0.2, 0.25) is 0 Å². The zero-order chi connectivity index (χ0) is 25.9. The molecule has 4 nitrogen and oxygen atoms in total. The minimum Gasteiger partial charge on any atom is -0.382 e. The molecule has 0 bridgehead atoms. The highest BCUT2D eigenvalue weighted by molar-refractivity contribution is 6.32. The number of benzene rings is 2. The maximum atomic E-state index is 15.4. The van der Waals surface area contributed by atoms with Crippen molar-refractivity contribution in [3.05, 3.63) is 58.2 Å². The molecule has 0 fully saturated rings. The maximum Gasteiger partial charge on any atom is 0.196 e. The van der Waals surface area contributed by atoms with Crippen molar-refractivity contribution in [3.8, 4) is 0 Å². The lowest BCUT2D eigenvalue weighted by Gasteiger charge is -2.25. The number of rotatable bonds is 16. The van der Waals surface area contributed by atoms with Gasteiger partial charge in [-0.25, -0.2) is 8.78 Å². The molecule has 0 amide bonds. The van der Waals surface area contributed by atoms with Gasteiger partial charge in [-0.15, -0.1) is 0 Å². The molecule has 6 heteroatoms. The average Bonchev–Trinajstić information content (AvgIpc) is 2.89. The zero-order valence-corrected chi connectivity index (χ0v) is 21.8. The van der Waals surface area contributed by atoms with Gasteiger partial charge in [-0.05, 0) is 12.8 Å². The van der Waals surface area contributed by atoms with Crippen molar-refractivity contribution in [2.24, 2.45) is 0 Å². The maximum absolute atomic E-state index is 15.4. The van der Waals surface area contributed by atoms with E-state index in [0.717, 1.165) is 64.2 Å². The largest absolute Gasteiger partial charge is 0.382 e. The third-order valence-electron chi connectivity index (χ3n) is 6.92. The quantitative estimate of drug-likeness (QED) is 0.195. The van der Waals surface area contributed by atoms with Crippen LogP contribution in [0.4, 0.5) is 20.2 Å². The Hall–Kier alpha value is -2.76. The Bertz CT molecular complexity index is 970. The van der Waals surface area contributed by atoms with E-state index in [1.165, 1.54) is 12.8 Å². The van der Waals surface area contributed by atoms with Gasteiger partial charge < -0.3 is 10.6 Å². The predicted octanol–water partition coefficient (Wildman–Crippen LogP) is 8.29. The van der Waals surface area contributed by atoms with Crippen molar-refractivity contribution in [2.45, 2.75) is 90.9 Å². The van der Waals surface area contributed by atoms with Crippen molar-refractivity contribution < 1.29 is 18.4 Å². The summed E-state index contributed by atoms with van der Waals surface area (Å²) < 4.78 is 30.8. The van der Waals surface area contributed by atoms with Crippen LogP contribution in [0.15, 0.2) is 24.3 Å². The van der Waals surface area contributed by atoms with E-state index in [1.54, 1.807) is 24.3 Å². The lowest BCUT2D eigenvalue weighted by molar-refractivity contribution is 0.0979. The molecule has 196 valence electrons. The van der Waals surface area contributed by atoms with E-state index in [-0.39, 0.29) is 33.6 Å². The van der Waals surface area contributed by atoms with Gasteiger partial charge in [0, 0.05) is 24.2 Å². The summed E-state index contributed by atoms with van der Waals surface area (Å²) in [5.41, 5.74) is -0.0675. The molecule has 36 heavy (non-hydrogen) atoms. The van der Waals surface area contributed by atoms with Crippen molar-refractivity contribution in [1.29, 1.82) is 0 Å². The van der Waals surface area contributed by atoms with Crippen molar-refractivity contribution >= 4 is 22.9 Å². The highest BCUT2D eigenvalue weighted by Gasteiger charge is 2.37. The molecule has 0 saturated heterocycles. The number of unbranched alkanes of at least 4 members (excludes halogenated alkanes) is 10. The molecule has 2 N–H and O–H groups in total. The van der Waals surface area contributed by atoms with Crippen LogP contribution in [0.5, 0.6) is 0 Å². The molecule has 0 heterocycles. The lowest BCUT2D eigenvalue weighted by Crippen LogP contribution is -2.26. The fourth-order valence-electron chi connectivity index (χ4n) is 4.86. The third-order valence-corrected chi connectivity index (χ3v) is 6.92. The molecule has 0 aliphatic heterocycles. The monoisotopic (exact) mass is 498 g/mol. The number of carbonyl (C=O) groups is 2.